The normalized spacial score (nSPS) is 10.6. The van der Waals surface area contributed by atoms with E-state index in [1.165, 1.54) is 0 Å². The molecule has 7 heteroatoms. The fourth-order valence-electron chi connectivity index (χ4n) is 1.02. The Bertz CT molecular complexity index is 396. The maximum Gasteiger partial charge on any atom is 0.309 e. The van der Waals surface area contributed by atoms with E-state index in [-0.39, 0.29) is 5.69 Å². The van der Waals surface area contributed by atoms with Crippen molar-refractivity contribution in [3.8, 4) is 5.75 Å². The van der Waals surface area contributed by atoms with Crippen LogP contribution in [-0.4, -0.2) is 21.2 Å². The van der Waals surface area contributed by atoms with Crippen LogP contribution in [0.3, 0.4) is 0 Å². The molecule has 0 aliphatic carbocycles. The highest BCUT2D eigenvalue weighted by atomic mass is 19.3. The molecule has 0 aromatic carbocycles. The summed E-state index contributed by atoms with van der Waals surface area (Å²) in [6, 6.07) is 0.727. The number of nitrogens with zero attached hydrogens (tertiary/aromatic N) is 1. The van der Waals surface area contributed by atoms with Crippen molar-refractivity contribution in [2.75, 3.05) is 5.73 Å². The summed E-state index contributed by atoms with van der Waals surface area (Å²) in [5.41, 5.74) is 4.33. The summed E-state index contributed by atoms with van der Waals surface area (Å²) in [5, 5.41) is 17.6. The number of nitrogens with two attached hydrogens (primary N) is 1. The molecule has 1 aromatic heterocycles. The zero-order chi connectivity index (χ0) is 11.6. The molecule has 15 heavy (non-hydrogen) atoms. The highest BCUT2D eigenvalue weighted by molar-refractivity contribution is 5.71. The van der Waals surface area contributed by atoms with Gasteiger partial charge in [0, 0.05) is 0 Å². The Labute approximate surface area is 83.2 Å². The number of carbonyl (C=O) groups is 1. The Morgan fingerprint density at radius 3 is 2.67 bits per heavy atom. The van der Waals surface area contributed by atoms with Gasteiger partial charge >= 0.3 is 5.97 Å². The van der Waals surface area contributed by atoms with Gasteiger partial charge in [0.25, 0.3) is 6.43 Å². The van der Waals surface area contributed by atoms with Gasteiger partial charge in [0.05, 0.1) is 17.7 Å². The van der Waals surface area contributed by atoms with E-state index in [4.69, 9.17) is 10.8 Å². The highest BCUT2D eigenvalue weighted by Crippen LogP contribution is 2.28. The standard InChI is InChI=1S/C8H8F2N2O3/c9-7(10)3-1-5(13)4(2-6(14)15)12-8(3)11/h1,7,13H,2H2,(H2,11,12)(H,14,15). The van der Waals surface area contributed by atoms with E-state index in [2.05, 4.69) is 4.98 Å². The molecule has 0 bridgehead atoms. The molecule has 82 valence electrons. The number of anilines is 1. The third kappa shape index (κ3) is 2.52. The first-order valence-corrected chi connectivity index (χ1v) is 3.90. The van der Waals surface area contributed by atoms with Gasteiger partial charge in [-0.1, -0.05) is 0 Å². The van der Waals surface area contributed by atoms with Crippen LogP contribution in [-0.2, 0) is 11.2 Å². The molecular formula is C8H8F2N2O3. The van der Waals surface area contributed by atoms with Crippen molar-refractivity contribution in [1.29, 1.82) is 0 Å². The topological polar surface area (TPSA) is 96.4 Å². The molecule has 4 N–H and O–H groups in total. The van der Waals surface area contributed by atoms with Crippen LogP contribution in [0.1, 0.15) is 17.7 Å². The van der Waals surface area contributed by atoms with E-state index in [9.17, 15) is 18.7 Å². The van der Waals surface area contributed by atoms with E-state index in [1.54, 1.807) is 0 Å². The summed E-state index contributed by atoms with van der Waals surface area (Å²) >= 11 is 0. The van der Waals surface area contributed by atoms with E-state index in [1.807, 2.05) is 0 Å². The van der Waals surface area contributed by atoms with E-state index < -0.39 is 35.9 Å². The van der Waals surface area contributed by atoms with Crippen molar-refractivity contribution in [3.63, 3.8) is 0 Å². The van der Waals surface area contributed by atoms with Gasteiger partial charge in [-0.05, 0) is 6.07 Å². The maximum atomic E-state index is 12.3. The van der Waals surface area contributed by atoms with Crippen LogP contribution in [0.25, 0.3) is 0 Å². The Hall–Kier alpha value is -1.92. The second kappa shape index (κ2) is 4.07. The number of hydrogen-bond acceptors (Lipinski definition) is 4. The van der Waals surface area contributed by atoms with Crippen LogP contribution in [0.4, 0.5) is 14.6 Å². The number of aromatic nitrogens is 1. The molecule has 0 fully saturated rings. The van der Waals surface area contributed by atoms with Gasteiger partial charge < -0.3 is 15.9 Å². The molecule has 1 aromatic rings. The first kappa shape index (κ1) is 11.2. The van der Waals surface area contributed by atoms with Crippen LogP contribution in [0.15, 0.2) is 6.07 Å². The van der Waals surface area contributed by atoms with Gasteiger partial charge in [-0.25, -0.2) is 13.8 Å². The minimum Gasteiger partial charge on any atom is -0.506 e. The number of halogens is 2. The number of aromatic hydroxyl groups is 1. The molecule has 0 amide bonds. The molecular weight excluding hydrogens is 210 g/mol. The van der Waals surface area contributed by atoms with E-state index in [0.717, 1.165) is 6.07 Å². The largest absolute Gasteiger partial charge is 0.506 e. The first-order chi connectivity index (χ1) is 6.91. The van der Waals surface area contributed by atoms with Crippen LogP contribution in [0, 0.1) is 0 Å². The van der Waals surface area contributed by atoms with Gasteiger partial charge in [-0.3, -0.25) is 4.79 Å². The molecule has 1 heterocycles. The molecule has 0 saturated heterocycles. The van der Waals surface area contributed by atoms with Crippen molar-refractivity contribution in [3.05, 3.63) is 17.3 Å². The summed E-state index contributed by atoms with van der Waals surface area (Å²) in [6.07, 6.45) is -3.43. The molecule has 0 radical (unpaired) electrons. The molecule has 0 saturated carbocycles. The van der Waals surface area contributed by atoms with Crippen LogP contribution >= 0.6 is 0 Å². The number of hydrogen-bond donors (Lipinski definition) is 3. The van der Waals surface area contributed by atoms with Crippen LogP contribution in [0.2, 0.25) is 0 Å². The molecule has 0 atom stereocenters. The lowest BCUT2D eigenvalue weighted by molar-refractivity contribution is -0.136. The number of aliphatic carboxylic acids is 1. The SMILES string of the molecule is Nc1nc(CC(=O)O)c(O)cc1C(F)F. The van der Waals surface area contributed by atoms with Gasteiger partial charge in [0.2, 0.25) is 0 Å². The second-order valence-corrected chi connectivity index (χ2v) is 2.80. The third-order valence-corrected chi connectivity index (χ3v) is 1.69. The number of carboxylic acid groups (broad SMARTS) is 1. The summed E-state index contributed by atoms with van der Waals surface area (Å²) in [7, 11) is 0. The number of rotatable bonds is 3. The van der Waals surface area contributed by atoms with Gasteiger partial charge in [-0.2, -0.15) is 0 Å². The molecule has 5 nitrogen and oxygen atoms in total. The zero-order valence-corrected chi connectivity index (χ0v) is 7.44. The van der Waals surface area contributed by atoms with Crippen LogP contribution < -0.4 is 5.73 Å². The van der Waals surface area contributed by atoms with Crippen molar-refractivity contribution in [1.82, 2.24) is 4.98 Å². The molecule has 0 aliphatic rings. The summed E-state index contributed by atoms with van der Waals surface area (Å²) in [5.74, 6) is -2.30. The lowest BCUT2D eigenvalue weighted by atomic mass is 10.2. The summed E-state index contributed by atoms with van der Waals surface area (Å²) < 4.78 is 24.5. The summed E-state index contributed by atoms with van der Waals surface area (Å²) in [4.78, 5) is 13.7. The van der Waals surface area contributed by atoms with Crippen molar-refractivity contribution in [2.45, 2.75) is 12.8 Å². The minimum absolute atomic E-state index is 0.232. The quantitative estimate of drug-likeness (QED) is 0.701. The molecule has 0 spiro atoms. The zero-order valence-electron chi connectivity index (χ0n) is 7.44. The monoisotopic (exact) mass is 218 g/mol. The molecule has 0 aliphatic heterocycles. The lowest BCUT2D eigenvalue weighted by Gasteiger charge is -2.07. The number of alkyl halides is 2. The molecule has 1 rings (SSSR count). The number of nitrogen functional groups attached to an aromatic ring is 1. The predicted octanol–water partition coefficient (Wildman–Crippen LogP) is 0.934. The van der Waals surface area contributed by atoms with Gasteiger partial charge in [-0.15, -0.1) is 0 Å². The highest BCUT2D eigenvalue weighted by Gasteiger charge is 2.17. The Balaban J connectivity index is 3.13. The third-order valence-electron chi connectivity index (χ3n) is 1.69. The number of pyridine rings is 1. The van der Waals surface area contributed by atoms with E-state index >= 15 is 0 Å². The summed E-state index contributed by atoms with van der Waals surface area (Å²) in [6.45, 7) is 0. The Morgan fingerprint density at radius 2 is 2.20 bits per heavy atom. The van der Waals surface area contributed by atoms with Crippen molar-refractivity contribution < 1.29 is 23.8 Å². The fraction of sp³-hybridized carbons (Fsp3) is 0.250. The average molecular weight is 218 g/mol. The lowest BCUT2D eigenvalue weighted by Crippen LogP contribution is -2.06. The average Bonchev–Trinajstić information content (AvgIpc) is 2.09. The fourth-order valence-corrected chi connectivity index (χ4v) is 1.02. The Morgan fingerprint density at radius 1 is 1.60 bits per heavy atom. The Kier molecular flexibility index (Phi) is 3.03. The molecule has 0 unspecified atom stereocenters. The maximum absolute atomic E-state index is 12.3. The number of carboxylic acids is 1. The minimum atomic E-state index is -2.86. The second-order valence-electron chi connectivity index (χ2n) is 2.80. The van der Waals surface area contributed by atoms with Crippen molar-refractivity contribution in [2.24, 2.45) is 0 Å². The van der Waals surface area contributed by atoms with Crippen LogP contribution in [0.5, 0.6) is 5.75 Å². The smallest absolute Gasteiger partial charge is 0.309 e. The van der Waals surface area contributed by atoms with Gasteiger partial charge in [0.1, 0.15) is 11.6 Å². The van der Waals surface area contributed by atoms with Gasteiger partial charge in [0.15, 0.2) is 0 Å². The first-order valence-electron chi connectivity index (χ1n) is 3.90. The predicted molar refractivity (Wildman–Crippen MR) is 46.6 cm³/mol. The van der Waals surface area contributed by atoms with Crippen molar-refractivity contribution >= 4 is 11.8 Å². The van der Waals surface area contributed by atoms with E-state index in [0.29, 0.717) is 0 Å².